The van der Waals surface area contributed by atoms with Crippen LogP contribution >= 0.6 is 11.8 Å². The smallest absolute Gasteiger partial charge is 0.251 e. The Balaban J connectivity index is 2.14. The SMILES string of the molecule is CCc1cccc(CC)c1NC(=O)[C@H](C)Sc1nccc(=O)[nH]1. The first-order valence-corrected chi connectivity index (χ1v) is 8.56. The molecule has 1 atom stereocenters. The largest absolute Gasteiger partial charge is 0.325 e. The highest BCUT2D eigenvalue weighted by Gasteiger charge is 2.18. The van der Waals surface area contributed by atoms with Gasteiger partial charge >= 0.3 is 0 Å². The number of carbonyl (C=O) groups is 1. The Morgan fingerprint density at radius 1 is 1.26 bits per heavy atom. The van der Waals surface area contributed by atoms with Crippen LogP contribution in [0, 0.1) is 0 Å². The molecule has 0 saturated carbocycles. The number of aromatic amines is 1. The molecule has 0 aliphatic carbocycles. The summed E-state index contributed by atoms with van der Waals surface area (Å²) in [6.07, 6.45) is 3.16. The second-order valence-corrected chi connectivity index (χ2v) is 6.48. The highest BCUT2D eigenvalue weighted by molar-refractivity contribution is 8.00. The van der Waals surface area contributed by atoms with E-state index in [0.29, 0.717) is 5.16 Å². The number of hydrogen-bond donors (Lipinski definition) is 2. The van der Waals surface area contributed by atoms with E-state index in [1.54, 1.807) is 6.92 Å². The van der Waals surface area contributed by atoms with Crippen LogP contribution in [0.4, 0.5) is 5.69 Å². The minimum Gasteiger partial charge on any atom is -0.325 e. The Labute approximate surface area is 139 Å². The molecule has 0 aliphatic heterocycles. The highest BCUT2D eigenvalue weighted by Crippen LogP contribution is 2.25. The predicted molar refractivity (Wildman–Crippen MR) is 94.0 cm³/mol. The van der Waals surface area contributed by atoms with Crippen molar-refractivity contribution in [1.82, 2.24) is 9.97 Å². The van der Waals surface area contributed by atoms with E-state index in [1.807, 2.05) is 18.2 Å². The third-order valence-corrected chi connectivity index (χ3v) is 4.55. The highest BCUT2D eigenvalue weighted by atomic mass is 32.2. The van der Waals surface area contributed by atoms with Gasteiger partial charge in [-0.05, 0) is 30.9 Å². The molecule has 2 N–H and O–H groups in total. The molecule has 1 aromatic carbocycles. The van der Waals surface area contributed by atoms with Gasteiger partial charge < -0.3 is 10.3 Å². The molecule has 0 unspecified atom stereocenters. The van der Waals surface area contributed by atoms with Crippen LogP contribution in [0.1, 0.15) is 31.9 Å². The van der Waals surface area contributed by atoms with Crippen LogP contribution in [0.2, 0.25) is 0 Å². The second kappa shape index (κ2) is 7.97. The van der Waals surface area contributed by atoms with E-state index in [0.717, 1.165) is 29.7 Å². The maximum absolute atomic E-state index is 12.5. The zero-order chi connectivity index (χ0) is 16.8. The van der Waals surface area contributed by atoms with Crippen molar-refractivity contribution >= 4 is 23.4 Å². The minimum absolute atomic E-state index is 0.0999. The number of aryl methyl sites for hydroxylation is 2. The van der Waals surface area contributed by atoms with E-state index in [2.05, 4.69) is 29.1 Å². The van der Waals surface area contributed by atoms with E-state index in [-0.39, 0.29) is 16.7 Å². The standard InChI is InChI=1S/C17H21N3O2S/c1-4-12-7-6-8-13(5-2)15(12)20-16(22)11(3)23-17-18-10-9-14(21)19-17/h6-11H,4-5H2,1-3H3,(H,20,22)(H,18,19,21)/t11-/m0/s1. The molecule has 0 aliphatic rings. The number of nitrogens with one attached hydrogen (secondary N) is 2. The second-order valence-electron chi connectivity index (χ2n) is 5.15. The predicted octanol–water partition coefficient (Wildman–Crippen LogP) is 3.01. The lowest BCUT2D eigenvalue weighted by Gasteiger charge is -2.17. The maximum atomic E-state index is 12.5. The Kier molecular flexibility index (Phi) is 5.98. The molecular weight excluding hydrogens is 310 g/mol. The molecule has 122 valence electrons. The molecule has 1 aromatic heterocycles. The van der Waals surface area contributed by atoms with Gasteiger partial charge in [-0.2, -0.15) is 0 Å². The van der Waals surface area contributed by atoms with Gasteiger partial charge in [0.2, 0.25) is 5.91 Å². The van der Waals surface area contributed by atoms with Crippen molar-refractivity contribution in [2.24, 2.45) is 0 Å². The normalized spacial score (nSPS) is 12.0. The van der Waals surface area contributed by atoms with Crippen molar-refractivity contribution in [1.29, 1.82) is 0 Å². The average molecular weight is 331 g/mol. The van der Waals surface area contributed by atoms with Gasteiger partial charge in [0, 0.05) is 18.0 Å². The first-order valence-electron chi connectivity index (χ1n) is 7.68. The molecule has 0 fully saturated rings. The molecule has 23 heavy (non-hydrogen) atoms. The average Bonchev–Trinajstić information content (AvgIpc) is 2.54. The quantitative estimate of drug-likeness (QED) is 0.630. The lowest BCUT2D eigenvalue weighted by Crippen LogP contribution is -2.24. The molecule has 1 amide bonds. The summed E-state index contributed by atoms with van der Waals surface area (Å²) in [6, 6.07) is 7.43. The summed E-state index contributed by atoms with van der Waals surface area (Å²) in [7, 11) is 0. The van der Waals surface area contributed by atoms with Gasteiger partial charge in [0.25, 0.3) is 5.56 Å². The zero-order valence-corrected chi connectivity index (χ0v) is 14.4. The van der Waals surface area contributed by atoms with E-state index >= 15 is 0 Å². The number of hydrogen-bond acceptors (Lipinski definition) is 4. The summed E-state index contributed by atoms with van der Waals surface area (Å²) in [6.45, 7) is 5.94. The third-order valence-electron chi connectivity index (χ3n) is 3.55. The van der Waals surface area contributed by atoms with Crippen molar-refractivity contribution in [3.8, 4) is 0 Å². The lowest BCUT2D eigenvalue weighted by atomic mass is 10.0. The van der Waals surface area contributed by atoms with Crippen LogP contribution in [-0.2, 0) is 17.6 Å². The molecular formula is C17H21N3O2S. The lowest BCUT2D eigenvalue weighted by molar-refractivity contribution is -0.115. The third kappa shape index (κ3) is 4.45. The fourth-order valence-electron chi connectivity index (χ4n) is 2.26. The van der Waals surface area contributed by atoms with E-state index in [9.17, 15) is 9.59 Å². The Bertz CT molecular complexity index is 720. The maximum Gasteiger partial charge on any atom is 0.251 e. The summed E-state index contributed by atoms with van der Waals surface area (Å²) in [5.74, 6) is -0.0999. The van der Waals surface area contributed by atoms with Crippen LogP contribution in [0.5, 0.6) is 0 Å². The van der Waals surface area contributed by atoms with Crippen molar-refractivity contribution in [3.63, 3.8) is 0 Å². The topological polar surface area (TPSA) is 74.8 Å². The van der Waals surface area contributed by atoms with Gasteiger partial charge in [0.05, 0.1) is 5.25 Å². The van der Waals surface area contributed by atoms with Crippen molar-refractivity contribution in [2.75, 3.05) is 5.32 Å². The molecule has 2 aromatic rings. The zero-order valence-electron chi connectivity index (χ0n) is 13.6. The number of H-pyrrole nitrogens is 1. The Morgan fingerprint density at radius 2 is 1.91 bits per heavy atom. The summed E-state index contributed by atoms with van der Waals surface area (Å²) in [5.41, 5.74) is 2.94. The Morgan fingerprint density at radius 3 is 2.48 bits per heavy atom. The molecule has 1 heterocycles. The van der Waals surface area contributed by atoms with Gasteiger partial charge in [-0.3, -0.25) is 9.59 Å². The van der Waals surface area contributed by atoms with Crippen molar-refractivity contribution < 1.29 is 4.79 Å². The molecule has 5 nitrogen and oxygen atoms in total. The van der Waals surface area contributed by atoms with Crippen LogP contribution in [-0.4, -0.2) is 21.1 Å². The molecule has 0 radical (unpaired) electrons. The van der Waals surface area contributed by atoms with Crippen molar-refractivity contribution in [2.45, 2.75) is 44.0 Å². The van der Waals surface area contributed by atoms with E-state index < -0.39 is 0 Å². The summed E-state index contributed by atoms with van der Waals surface area (Å²) in [4.78, 5) is 30.5. The molecule has 0 spiro atoms. The molecule has 0 saturated heterocycles. The first-order chi connectivity index (χ1) is 11.0. The monoisotopic (exact) mass is 331 g/mol. The number of thioether (sulfide) groups is 1. The summed E-state index contributed by atoms with van der Waals surface area (Å²) >= 11 is 1.23. The molecule has 0 bridgehead atoms. The van der Waals surface area contributed by atoms with Crippen molar-refractivity contribution in [3.05, 3.63) is 51.9 Å². The number of amides is 1. The Hall–Kier alpha value is -2.08. The summed E-state index contributed by atoms with van der Waals surface area (Å²) in [5, 5.41) is 3.11. The minimum atomic E-state index is -0.366. The van der Waals surface area contributed by atoms with Gasteiger partial charge in [-0.1, -0.05) is 43.8 Å². The van der Waals surface area contributed by atoms with Crippen LogP contribution < -0.4 is 10.9 Å². The number of para-hydroxylation sites is 1. The first kappa shape index (κ1) is 17.3. The van der Waals surface area contributed by atoms with Gasteiger partial charge in [0.1, 0.15) is 0 Å². The number of nitrogens with zero attached hydrogens (tertiary/aromatic N) is 1. The van der Waals surface area contributed by atoms with Crippen LogP contribution in [0.3, 0.4) is 0 Å². The fourth-order valence-corrected chi connectivity index (χ4v) is 3.04. The number of benzene rings is 1. The van der Waals surface area contributed by atoms with Gasteiger partial charge in [-0.15, -0.1) is 0 Å². The summed E-state index contributed by atoms with van der Waals surface area (Å²) < 4.78 is 0. The van der Waals surface area contributed by atoms with Crippen LogP contribution in [0.25, 0.3) is 0 Å². The number of aromatic nitrogens is 2. The molecule has 6 heteroatoms. The van der Waals surface area contributed by atoms with Gasteiger partial charge in [0.15, 0.2) is 5.16 Å². The van der Waals surface area contributed by atoms with Crippen LogP contribution in [0.15, 0.2) is 40.4 Å². The number of carbonyl (C=O) groups excluding carboxylic acids is 1. The number of anilines is 1. The van der Waals surface area contributed by atoms with E-state index in [1.165, 1.54) is 24.0 Å². The van der Waals surface area contributed by atoms with Gasteiger partial charge in [-0.25, -0.2) is 4.98 Å². The number of rotatable bonds is 6. The fraction of sp³-hybridized carbons (Fsp3) is 0.353. The van der Waals surface area contributed by atoms with E-state index in [4.69, 9.17) is 0 Å². The molecule has 2 rings (SSSR count).